The van der Waals surface area contributed by atoms with Crippen molar-refractivity contribution in [2.75, 3.05) is 0 Å². The Bertz CT molecular complexity index is 867. The summed E-state index contributed by atoms with van der Waals surface area (Å²) in [6, 6.07) is 9.30. The highest BCUT2D eigenvalue weighted by atomic mass is 32.2. The van der Waals surface area contributed by atoms with Crippen molar-refractivity contribution in [3.63, 3.8) is 0 Å². The van der Waals surface area contributed by atoms with Crippen molar-refractivity contribution in [1.82, 2.24) is 4.98 Å². The summed E-state index contributed by atoms with van der Waals surface area (Å²) in [5, 5.41) is 4.88. The molecular formula is C16H13FN2O2S. The predicted molar refractivity (Wildman–Crippen MR) is 82.6 cm³/mol. The first kappa shape index (κ1) is 14.6. The fraction of sp³-hybridized carbons (Fsp3) is 0.0625. The second kappa shape index (κ2) is 5.47. The number of nitrogens with zero attached hydrogens (tertiary/aromatic N) is 1. The van der Waals surface area contributed by atoms with Gasteiger partial charge in [0.1, 0.15) is 5.82 Å². The maximum Gasteiger partial charge on any atom is 0.255 e. The van der Waals surface area contributed by atoms with Crippen LogP contribution in [0.4, 0.5) is 4.39 Å². The molecule has 22 heavy (non-hydrogen) atoms. The molecule has 0 fully saturated rings. The maximum atomic E-state index is 13.0. The molecule has 1 aliphatic rings. The van der Waals surface area contributed by atoms with Crippen LogP contribution in [0.1, 0.15) is 17.5 Å². The summed E-state index contributed by atoms with van der Waals surface area (Å²) in [5.41, 5.74) is 3.62. The second-order valence-electron chi connectivity index (χ2n) is 4.91. The number of hydrogen-bond acceptors (Lipinski definition) is 3. The Labute approximate surface area is 127 Å². The van der Waals surface area contributed by atoms with E-state index in [9.17, 15) is 12.8 Å². The predicted octanol–water partition coefficient (Wildman–Crippen LogP) is 2.74. The number of benzene rings is 1. The van der Waals surface area contributed by atoms with Crippen molar-refractivity contribution >= 4 is 21.2 Å². The molecule has 6 heteroatoms. The van der Waals surface area contributed by atoms with Gasteiger partial charge < -0.3 is 0 Å². The van der Waals surface area contributed by atoms with E-state index in [0.717, 1.165) is 28.7 Å². The zero-order chi connectivity index (χ0) is 15.7. The zero-order valence-electron chi connectivity index (χ0n) is 11.5. The minimum absolute atomic E-state index is 0.165. The van der Waals surface area contributed by atoms with Gasteiger partial charge in [-0.2, -0.15) is 0 Å². The Morgan fingerprint density at radius 2 is 1.55 bits per heavy atom. The Kier molecular flexibility index (Phi) is 3.64. The molecule has 0 spiro atoms. The lowest BCUT2D eigenvalue weighted by Crippen LogP contribution is -2.13. The van der Waals surface area contributed by atoms with Gasteiger partial charge in [0.15, 0.2) is 5.03 Å². The van der Waals surface area contributed by atoms with Crippen LogP contribution in [0.25, 0.3) is 11.1 Å². The minimum atomic E-state index is -3.80. The van der Waals surface area contributed by atoms with E-state index in [1.165, 1.54) is 24.4 Å². The van der Waals surface area contributed by atoms with Crippen LogP contribution in [0.15, 0.2) is 59.8 Å². The lowest BCUT2D eigenvalue weighted by atomic mass is 9.96. The molecule has 0 amide bonds. The summed E-state index contributed by atoms with van der Waals surface area (Å²) in [6.45, 7) is 0. The summed E-state index contributed by atoms with van der Waals surface area (Å²) >= 11 is 0. The summed E-state index contributed by atoms with van der Waals surface area (Å²) in [4.78, 5) is 3.90. The standard InChI is InChI=1S/C16H13FN2O2S/c17-13-7-4-11(5-8-13)14-2-1-3-15(14)12-6-9-16(19-10-12)22(18,20)21/h2-10H,1H2,(H2,18,20,21). The molecule has 112 valence electrons. The van der Waals surface area contributed by atoms with Gasteiger partial charge in [0, 0.05) is 11.8 Å². The normalized spacial score (nSPS) is 14.6. The van der Waals surface area contributed by atoms with Crippen molar-refractivity contribution < 1.29 is 12.8 Å². The van der Waals surface area contributed by atoms with E-state index in [-0.39, 0.29) is 10.8 Å². The van der Waals surface area contributed by atoms with E-state index < -0.39 is 10.0 Å². The Morgan fingerprint density at radius 1 is 0.955 bits per heavy atom. The summed E-state index contributed by atoms with van der Waals surface area (Å²) in [7, 11) is -3.80. The van der Waals surface area contributed by atoms with Crippen molar-refractivity contribution in [2.24, 2.45) is 5.14 Å². The van der Waals surface area contributed by atoms with Crippen molar-refractivity contribution in [2.45, 2.75) is 11.4 Å². The summed E-state index contributed by atoms with van der Waals surface area (Å²) < 4.78 is 35.5. The van der Waals surface area contributed by atoms with Crippen LogP contribution in [-0.4, -0.2) is 13.4 Å². The third-order valence-corrected chi connectivity index (χ3v) is 4.25. The Balaban J connectivity index is 1.95. The first-order valence-corrected chi connectivity index (χ1v) is 8.15. The second-order valence-corrected chi connectivity index (χ2v) is 6.42. The molecule has 0 saturated carbocycles. The third kappa shape index (κ3) is 2.84. The van der Waals surface area contributed by atoms with E-state index in [1.807, 2.05) is 12.2 Å². The van der Waals surface area contributed by atoms with Crippen molar-refractivity contribution in [1.29, 1.82) is 0 Å². The van der Waals surface area contributed by atoms with E-state index in [1.54, 1.807) is 18.2 Å². The molecular weight excluding hydrogens is 303 g/mol. The number of primary sulfonamides is 1. The molecule has 0 atom stereocenters. The van der Waals surface area contributed by atoms with Crippen LogP contribution in [0.2, 0.25) is 0 Å². The number of hydrogen-bond donors (Lipinski definition) is 1. The van der Waals surface area contributed by atoms with E-state index >= 15 is 0 Å². The fourth-order valence-electron chi connectivity index (χ4n) is 2.40. The van der Waals surface area contributed by atoms with Crippen LogP contribution < -0.4 is 5.14 Å². The molecule has 0 saturated heterocycles. The average molecular weight is 316 g/mol. The molecule has 0 bridgehead atoms. The third-order valence-electron chi connectivity index (χ3n) is 3.43. The fourth-order valence-corrected chi connectivity index (χ4v) is 2.86. The van der Waals surface area contributed by atoms with Gasteiger partial charge in [-0.25, -0.2) is 22.9 Å². The molecule has 2 N–H and O–H groups in total. The Morgan fingerprint density at radius 3 is 2.09 bits per heavy atom. The van der Waals surface area contributed by atoms with Gasteiger partial charge in [-0.3, -0.25) is 0 Å². The van der Waals surface area contributed by atoms with Crippen molar-refractivity contribution in [3.05, 3.63) is 71.7 Å². The highest BCUT2D eigenvalue weighted by Crippen LogP contribution is 2.36. The number of aromatic nitrogens is 1. The summed E-state index contributed by atoms with van der Waals surface area (Å²) in [6.07, 6.45) is 6.30. The van der Waals surface area contributed by atoms with Crippen LogP contribution in [-0.2, 0) is 10.0 Å². The SMILES string of the molecule is NS(=O)(=O)c1ccc(C2=CCC=C2c2ccc(F)cc2)cn1. The zero-order valence-corrected chi connectivity index (χ0v) is 12.3. The molecule has 1 aliphatic carbocycles. The van der Waals surface area contributed by atoms with Gasteiger partial charge in [-0.15, -0.1) is 0 Å². The molecule has 2 aromatic rings. The smallest absolute Gasteiger partial charge is 0.243 e. The lowest BCUT2D eigenvalue weighted by molar-refractivity contribution is 0.594. The molecule has 3 rings (SSSR count). The van der Waals surface area contributed by atoms with Gasteiger partial charge in [0.05, 0.1) is 0 Å². The summed E-state index contributed by atoms with van der Waals surface area (Å²) in [5.74, 6) is -0.285. The van der Waals surface area contributed by atoms with Crippen LogP contribution in [0, 0.1) is 5.82 Å². The van der Waals surface area contributed by atoms with Gasteiger partial charge in [-0.1, -0.05) is 24.3 Å². The quantitative estimate of drug-likeness (QED) is 0.946. The van der Waals surface area contributed by atoms with E-state index in [2.05, 4.69) is 4.98 Å². The number of rotatable bonds is 3. The largest absolute Gasteiger partial charge is 0.255 e. The maximum absolute atomic E-state index is 13.0. The number of nitrogens with two attached hydrogens (primary N) is 1. The Hall–Kier alpha value is -2.31. The first-order chi connectivity index (χ1) is 10.4. The number of allylic oxidation sites excluding steroid dienone is 4. The van der Waals surface area contributed by atoms with Gasteiger partial charge in [0.25, 0.3) is 10.0 Å². The number of sulfonamides is 1. The molecule has 4 nitrogen and oxygen atoms in total. The van der Waals surface area contributed by atoms with Crippen LogP contribution in [0.5, 0.6) is 0 Å². The van der Waals surface area contributed by atoms with E-state index in [0.29, 0.717) is 0 Å². The highest BCUT2D eigenvalue weighted by molar-refractivity contribution is 7.89. The van der Waals surface area contributed by atoms with Crippen LogP contribution >= 0.6 is 0 Å². The van der Waals surface area contributed by atoms with Crippen LogP contribution in [0.3, 0.4) is 0 Å². The highest BCUT2D eigenvalue weighted by Gasteiger charge is 2.16. The molecule has 0 radical (unpaired) electrons. The monoisotopic (exact) mass is 316 g/mol. The van der Waals surface area contributed by atoms with Gasteiger partial charge >= 0.3 is 0 Å². The van der Waals surface area contributed by atoms with E-state index in [4.69, 9.17) is 5.14 Å². The molecule has 1 heterocycles. The molecule has 1 aromatic carbocycles. The molecule has 0 unspecified atom stereocenters. The van der Waals surface area contributed by atoms with Crippen molar-refractivity contribution in [3.8, 4) is 0 Å². The molecule has 0 aliphatic heterocycles. The average Bonchev–Trinajstić information content (AvgIpc) is 2.97. The van der Waals surface area contributed by atoms with Gasteiger partial charge in [0.2, 0.25) is 0 Å². The van der Waals surface area contributed by atoms with Gasteiger partial charge in [-0.05, 0) is 47.4 Å². The number of pyridine rings is 1. The number of halogens is 1. The first-order valence-electron chi connectivity index (χ1n) is 6.61. The topological polar surface area (TPSA) is 73.1 Å². The molecule has 1 aromatic heterocycles. The lowest BCUT2D eigenvalue weighted by Gasteiger charge is -2.10. The minimum Gasteiger partial charge on any atom is -0.243 e.